The lowest BCUT2D eigenvalue weighted by atomic mass is 9.43. The predicted molar refractivity (Wildman–Crippen MR) is 117 cm³/mol. The molecule has 1 aromatic heterocycles. The molecule has 0 radical (unpaired) electrons. The van der Waals surface area contributed by atoms with Gasteiger partial charge in [-0.1, -0.05) is 12.1 Å². The van der Waals surface area contributed by atoms with Gasteiger partial charge < -0.3 is 9.84 Å². The van der Waals surface area contributed by atoms with Crippen molar-refractivity contribution in [1.29, 1.82) is 0 Å². The fraction of sp³-hybridized carbons (Fsp3) is 0.880. The number of ether oxygens (including phenoxy) is 1. The monoisotopic (exact) mass is 429 g/mol. The lowest BCUT2D eigenvalue weighted by Crippen LogP contribution is -2.58. The van der Waals surface area contributed by atoms with Gasteiger partial charge >= 0.3 is 0 Å². The minimum absolute atomic E-state index is 0.111. The zero-order chi connectivity index (χ0) is 21.9. The Kier molecular flexibility index (Phi) is 5.32. The van der Waals surface area contributed by atoms with Crippen LogP contribution < -0.4 is 0 Å². The Morgan fingerprint density at radius 3 is 2.71 bits per heavy atom. The molecular weight excluding hydrogens is 390 g/mol. The summed E-state index contributed by atoms with van der Waals surface area (Å²) in [7, 11) is 1.85. The largest absolute Gasteiger partial charge is 0.390 e. The van der Waals surface area contributed by atoms with E-state index in [0.29, 0.717) is 36.0 Å². The van der Waals surface area contributed by atoms with Gasteiger partial charge in [0.25, 0.3) is 0 Å². The van der Waals surface area contributed by atoms with Crippen molar-refractivity contribution in [2.45, 2.75) is 83.8 Å². The molecule has 0 aliphatic heterocycles. The SMILES string of the molecule is COC[C@]12CC[C@@](C)(O)C[C@H]1CC[C@H]1[C@@H]3CC[C@H](C(=O)Cn4ccnn4)[C@@]3(C)CC[C@@H]12. The number of ketones is 1. The van der Waals surface area contributed by atoms with E-state index in [1.54, 1.807) is 17.1 Å². The quantitative estimate of drug-likeness (QED) is 0.768. The van der Waals surface area contributed by atoms with Crippen LogP contribution in [0.2, 0.25) is 0 Å². The van der Waals surface area contributed by atoms with Crippen LogP contribution in [-0.4, -0.2) is 45.2 Å². The molecule has 0 aromatic carbocycles. The van der Waals surface area contributed by atoms with Crippen LogP contribution in [0.1, 0.15) is 71.6 Å². The van der Waals surface area contributed by atoms with Gasteiger partial charge in [0, 0.05) is 19.2 Å². The molecule has 1 aromatic rings. The van der Waals surface area contributed by atoms with Crippen molar-refractivity contribution in [3.8, 4) is 0 Å². The number of nitrogens with zero attached hydrogens (tertiary/aromatic N) is 3. The van der Waals surface area contributed by atoms with Crippen molar-refractivity contribution in [2.24, 2.45) is 40.4 Å². The second kappa shape index (κ2) is 7.65. The van der Waals surface area contributed by atoms with Gasteiger partial charge in [-0.15, -0.1) is 5.10 Å². The fourth-order valence-electron chi connectivity index (χ4n) is 8.90. The first-order valence-electron chi connectivity index (χ1n) is 12.4. The highest BCUT2D eigenvalue weighted by Gasteiger charge is 2.63. The molecule has 4 saturated carbocycles. The molecule has 31 heavy (non-hydrogen) atoms. The zero-order valence-electron chi connectivity index (χ0n) is 19.4. The van der Waals surface area contributed by atoms with Crippen LogP contribution in [0.4, 0.5) is 0 Å². The molecule has 172 valence electrons. The third-order valence-corrected chi connectivity index (χ3v) is 10.2. The van der Waals surface area contributed by atoms with Crippen molar-refractivity contribution in [2.75, 3.05) is 13.7 Å². The summed E-state index contributed by atoms with van der Waals surface area (Å²) in [5.41, 5.74) is -0.200. The summed E-state index contributed by atoms with van der Waals surface area (Å²) < 4.78 is 7.54. The van der Waals surface area contributed by atoms with Gasteiger partial charge in [0.2, 0.25) is 0 Å². The van der Waals surface area contributed by atoms with Crippen molar-refractivity contribution in [3.05, 3.63) is 12.4 Å². The van der Waals surface area contributed by atoms with Crippen LogP contribution >= 0.6 is 0 Å². The summed E-state index contributed by atoms with van der Waals surface area (Å²) in [6.07, 6.45) is 13.3. The predicted octanol–water partition coefficient (Wildman–Crippen LogP) is 3.88. The number of aromatic nitrogens is 3. The molecule has 0 unspecified atom stereocenters. The first kappa shape index (κ1) is 21.6. The van der Waals surface area contributed by atoms with Crippen LogP contribution in [0, 0.1) is 40.4 Å². The Bertz CT molecular complexity index is 809. The number of aliphatic hydroxyl groups is 1. The molecule has 4 aliphatic rings. The van der Waals surface area contributed by atoms with E-state index in [9.17, 15) is 9.90 Å². The van der Waals surface area contributed by atoms with Crippen molar-refractivity contribution < 1.29 is 14.6 Å². The topological polar surface area (TPSA) is 77.2 Å². The molecule has 0 saturated heterocycles. The van der Waals surface area contributed by atoms with Gasteiger partial charge in [-0.3, -0.25) is 4.79 Å². The normalized spacial score (nSPS) is 46.8. The maximum absolute atomic E-state index is 13.3. The molecule has 6 nitrogen and oxygen atoms in total. The van der Waals surface area contributed by atoms with E-state index in [1.165, 1.54) is 25.7 Å². The highest BCUT2D eigenvalue weighted by atomic mass is 16.5. The molecule has 6 heteroatoms. The second-order valence-corrected chi connectivity index (χ2v) is 11.8. The van der Waals surface area contributed by atoms with E-state index < -0.39 is 5.60 Å². The number of hydrogen-bond acceptors (Lipinski definition) is 5. The van der Waals surface area contributed by atoms with Gasteiger partial charge in [0.1, 0.15) is 6.54 Å². The Morgan fingerprint density at radius 1 is 1.13 bits per heavy atom. The van der Waals surface area contributed by atoms with Crippen molar-refractivity contribution in [1.82, 2.24) is 15.0 Å². The average Bonchev–Trinajstić information content (AvgIpc) is 3.35. The van der Waals surface area contributed by atoms with E-state index in [-0.39, 0.29) is 16.7 Å². The number of fused-ring (bicyclic) bond motifs is 5. The molecule has 4 aliphatic carbocycles. The standard InChI is InChI=1S/C25H39N3O3/c1-23(30)10-11-25(16-31-3)17(14-23)4-5-18-19-6-7-21(24(19,2)9-8-20(18)25)22(29)15-28-13-12-26-27-28/h12-13,17-21,30H,4-11,14-16H2,1-3H3/t17-,18+,19+,20+,21-,23-,24+,25-/m1/s1. The van der Waals surface area contributed by atoms with E-state index in [1.807, 2.05) is 14.0 Å². The van der Waals surface area contributed by atoms with Gasteiger partial charge in [-0.05, 0) is 99.2 Å². The van der Waals surface area contributed by atoms with Gasteiger partial charge in [0.05, 0.1) is 18.4 Å². The molecule has 0 amide bonds. The van der Waals surface area contributed by atoms with Crippen LogP contribution in [0.15, 0.2) is 12.4 Å². The van der Waals surface area contributed by atoms with E-state index in [4.69, 9.17) is 4.74 Å². The molecule has 5 rings (SSSR count). The lowest BCUT2D eigenvalue weighted by Gasteiger charge is -2.62. The smallest absolute Gasteiger partial charge is 0.157 e. The summed E-state index contributed by atoms with van der Waals surface area (Å²) in [6, 6.07) is 0. The van der Waals surface area contributed by atoms with Crippen LogP contribution in [0.3, 0.4) is 0 Å². The maximum Gasteiger partial charge on any atom is 0.157 e. The zero-order valence-corrected chi connectivity index (χ0v) is 19.4. The van der Waals surface area contributed by atoms with Gasteiger partial charge in [-0.25, -0.2) is 4.68 Å². The van der Waals surface area contributed by atoms with E-state index in [0.717, 1.165) is 38.7 Å². The van der Waals surface area contributed by atoms with Crippen LogP contribution in [0.5, 0.6) is 0 Å². The number of hydrogen-bond donors (Lipinski definition) is 1. The summed E-state index contributed by atoms with van der Waals surface area (Å²) in [4.78, 5) is 13.3. The molecule has 1 N–H and O–H groups in total. The molecule has 0 spiro atoms. The van der Waals surface area contributed by atoms with E-state index >= 15 is 0 Å². The van der Waals surface area contributed by atoms with Crippen molar-refractivity contribution >= 4 is 5.78 Å². The number of methoxy groups -OCH3 is 1. The van der Waals surface area contributed by atoms with Crippen LogP contribution in [-0.2, 0) is 16.1 Å². The second-order valence-electron chi connectivity index (χ2n) is 11.8. The number of rotatable bonds is 5. The number of carbonyl (C=O) groups is 1. The van der Waals surface area contributed by atoms with Crippen molar-refractivity contribution in [3.63, 3.8) is 0 Å². The minimum atomic E-state index is -0.524. The summed E-state index contributed by atoms with van der Waals surface area (Å²) >= 11 is 0. The van der Waals surface area contributed by atoms with Crippen LogP contribution in [0.25, 0.3) is 0 Å². The fourth-order valence-corrected chi connectivity index (χ4v) is 8.90. The summed E-state index contributed by atoms with van der Waals surface area (Å²) in [6.45, 7) is 5.61. The molecule has 0 bridgehead atoms. The lowest BCUT2D eigenvalue weighted by molar-refractivity contribution is -0.175. The Morgan fingerprint density at radius 2 is 1.97 bits per heavy atom. The third kappa shape index (κ3) is 3.40. The highest BCUT2D eigenvalue weighted by molar-refractivity contribution is 5.82. The first-order valence-corrected chi connectivity index (χ1v) is 12.4. The van der Waals surface area contributed by atoms with Gasteiger partial charge in [0.15, 0.2) is 5.78 Å². The molecule has 4 fully saturated rings. The Balaban J connectivity index is 1.38. The molecular formula is C25H39N3O3. The highest BCUT2D eigenvalue weighted by Crippen LogP contribution is 2.68. The Labute approximate surface area is 186 Å². The van der Waals surface area contributed by atoms with Gasteiger partial charge in [-0.2, -0.15) is 0 Å². The maximum atomic E-state index is 13.3. The third-order valence-electron chi connectivity index (χ3n) is 10.2. The Hall–Kier alpha value is -1.27. The van der Waals surface area contributed by atoms with E-state index in [2.05, 4.69) is 17.2 Å². The number of Topliss-reactive ketones (excluding diaryl/α,β-unsaturated/α-hetero) is 1. The average molecular weight is 430 g/mol. The first-order chi connectivity index (χ1) is 14.8. The minimum Gasteiger partial charge on any atom is -0.390 e. The summed E-state index contributed by atoms with van der Waals surface area (Å²) in [5, 5.41) is 18.7. The molecule has 8 atom stereocenters. The summed E-state index contributed by atoms with van der Waals surface area (Å²) in [5.74, 6) is 3.04. The molecule has 1 heterocycles. The number of carbonyl (C=O) groups excluding carboxylic acids is 1.